The van der Waals surface area contributed by atoms with E-state index in [-0.39, 0.29) is 0 Å². The highest BCUT2D eigenvalue weighted by molar-refractivity contribution is 5.50. The van der Waals surface area contributed by atoms with E-state index in [2.05, 4.69) is 10.3 Å². The molecular formula is C15H19N3O. The van der Waals surface area contributed by atoms with Gasteiger partial charge in [0.15, 0.2) is 0 Å². The van der Waals surface area contributed by atoms with Gasteiger partial charge in [-0.1, -0.05) is 12.1 Å². The molecule has 4 nitrogen and oxygen atoms in total. The number of anilines is 1. The molecule has 1 heterocycles. The van der Waals surface area contributed by atoms with E-state index < -0.39 is 0 Å². The quantitative estimate of drug-likeness (QED) is 0.893. The molecule has 0 atom stereocenters. The number of hydrogen-bond acceptors (Lipinski definition) is 4. The van der Waals surface area contributed by atoms with Gasteiger partial charge in [0, 0.05) is 44.7 Å². The molecule has 19 heavy (non-hydrogen) atoms. The van der Waals surface area contributed by atoms with Crippen molar-refractivity contribution in [2.45, 2.75) is 6.54 Å². The van der Waals surface area contributed by atoms with Gasteiger partial charge in [0.25, 0.3) is 0 Å². The molecule has 1 aromatic heterocycles. The molecule has 1 aromatic carbocycles. The summed E-state index contributed by atoms with van der Waals surface area (Å²) in [6, 6.07) is 11.8. The van der Waals surface area contributed by atoms with Crippen molar-refractivity contribution in [1.29, 1.82) is 0 Å². The summed E-state index contributed by atoms with van der Waals surface area (Å²) in [4.78, 5) is 6.33. The molecule has 0 fully saturated rings. The number of ether oxygens (including phenoxy) is 1. The van der Waals surface area contributed by atoms with Crippen LogP contribution in [0.15, 0.2) is 42.6 Å². The lowest BCUT2D eigenvalue weighted by atomic mass is 10.3. The number of benzene rings is 1. The Bertz CT molecular complexity index is 523. The summed E-state index contributed by atoms with van der Waals surface area (Å²) in [5.41, 5.74) is 2.24. The Kier molecular flexibility index (Phi) is 4.36. The second kappa shape index (κ2) is 6.20. The van der Waals surface area contributed by atoms with Crippen molar-refractivity contribution in [2.24, 2.45) is 0 Å². The lowest BCUT2D eigenvalue weighted by molar-refractivity contribution is 0.462. The van der Waals surface area contributed by atoms with E-state index in [4.69, 9.17) is 4.74 Å². The monoisotopic (exact) mass is 257 g/mol. The number of nitrogens with one attached hydrogen (secondary N) is 1. The summed E-state index contributed by atoms with van der Waals surface area (Å²) >= 11 is 0. The molecule has 0 radical (unpaired) electrons. The van der Waals surface area contributed by atoms with Crippen molar-refractivity contribution in [1.82, 2.24) is 10.3 Å². The molecule has 0 spiro atoms. The molecule has 100 valence electrons. The second-order valence-electron chi connectivity index (χ2n) is 4.53. The maximum atomic E-state index is 5.74. The first-order valence-electron chi connectivity index (χ1n) is 6.24. The largest absolute Gasteiger partial charge is 0.439 e. The van der Waals surface area contributed by atoms with E-state index in [1.165, 1.54) is 0 Å². The van der Waals surface area contributed by atoms with Crippen LogP contribution in [0.2, 0.25) is 0 Å². The van der Waals surface area contributed by atoms with Gasteiger partial charge in [0.2, 0.25) is 5.88 Å². The van der Waals surface area contributed by atoms with Crippen LogP contribution in [0, 0.1) is 0 Å². The third-order valence-corrected chi connectivity index (χ3v) is 2.73. The summed E-state index contributed by atoms with van der Waals surface area (Å²) in [5, 5.41) is 3.09. The first kappa shape index (κ1) is 13.4. The van der Waals surface area contributed by atoms with Crippen LogP contribution in [-0.4, -0.2) is 26.1 Å². The zero-order chi connectivity index (χ0) is 13.7. The lowest BCUT2D eigenvalue weighted by Crippen LogP contribution is -2.08. The summed E-state index contributed by atoms with van der Waals surface area (Å²) in [6.07, 6.45) is 1.82. The van der Waals surface area contributed by atoms with Crippen LogP contribution in [0.1, 0.15) is 5.56 Å². The van der Waals surface area contributed by atoms with E-state index in [9.17, 15) is 0 Å². The Labute approximate surface area is 114 Å². The number of nitrogens with zero attached hydrogens (tertiary/aromatic N) is 2. The molecule has 0 saturated heterocycles. The predicted molar refractivity (Wildman–Crippen MR) is 77.8 cm³/mol. The molecule has 0 aliphatic heterocycles. The average molecular weight is 257 g/mol. The van der Waals surface area contributed by atoms with Crippen LogP contribution in [0.3, 0.4) is 0 Å². The molecule has 0 aliphatic rings. The summed E-state index contributed by atoms with van der Waals surface area (Å²) in [6.45, 7) is 0.809. The molecule has 0 saturated carbocycles. The van der Waals surface area contributed by atoms with Gasteiger partial charge in [-0.15, -0.1) is 0 Å². The minimum atomic E-state index is 0.607. The Hall–Kier alpha value is -2.07. The predicted octanol–water partition coefficient (Wildman–Crippen LogP) is 2.66. The van der Waals surface area contributed by atoms with Crippen LogP contribution in [-0.2, 0) is 6.54 Å². The highest BCUT2D eigenvalue weighted by atomic mass is 16.5. The van der Waals surface area contributed by atoms with Gasteiger partial charge in [-0.2, -0.15) is 0 Å². The van der Waals surface area contributed by atoms with Gasteiger partial charge in [0.05, 0.1) is 0 Å². The van der Waals surface area contributed by atoms with E-state index in [0.717, 1.165) is 23.5 Å². The summed E-state index contributed by atoms with van der Waals surface area (Å²) in [7, 11) is 5.92. The average Bonchev–Trinajstić information content (AvgIpc) is 2.42. The number of hydrogen-bond donors (Lipinski definition) is 1. The van der Waals surface area contributed by atoms with Crippen molar-refractivity contribution in [3.63, 3.8) is 0 Å². The molecule has 0 aliphatic carbocycles. The van der Waals surface area contributed by atoms with Gasteiger partial charge < -0.3 is 15.0 Å². The van der Waals surface area contributed by atoms with Gasteiger partial charge >= 0.3 is 0 Å². The second-order valence-corrected chi connectivity index (χ2v) is 4.53. The van der Waals surface area contributed by atoms with Gasteiger partial charge in [-0.25, -0.2) is 4.98 Å². The Morgan fingerprint density at radius 2 is 2.05 bits per heavy atom. The first-order chi connectivity index (χ1) is 9.19. The third kappa shape index (κ3) is 3.69. The number of pyridine rings is 1. The molecule has 1 N–H and O–H groups in total. The highest BCUT2D eigenvalue weighted by Crippen LogP contribution is 2.23. The SMILES string of the molecule is CNCc1ccc(Oc2cccc(N(C)C)c2)nc1. The zero-order valence-corrected chi connectivity index (χ0v) is 11.6. The normalized spacial score (nSPS) is 10.3. The molecule has 2 aromatic rings. The van der Waals surface area contributed by atoms with Gasteiger partial charge in [-0.3, -0.25) is 0 Å². The van der Waals surface area contributed by atoms with E-state index in [1.807, 2.05) is 68.6 Å². The topological polar surface area (TPSA) is 37.4 Å². The summed E-state index contributed by atoms with van der Waals surface area (Å²) < 4.78 is 5.74. The van der Waals surface area contributed by atoms with Crippen molar-refractivity contribution in [2.75, 3.05) is 26.0 Å². The van der Waals surface area contributed by atoms with Crippen molar-refractivity contribution in [3.05, 3.63) is 48.2 Å². The first-order valence-corrected chi connectivity index (χ1v) is 6.24. The van der Waals surface area contributed by atoms with E-state index in [0.29, 0.717) is 5.88 Å². The van der Waals surface area contributed by atoms with Crippen molar-refractivity contribution in [3.8, 4) is 11.6 Å². The van der Waals surface area contributed by atoms with Gasteiger partial charge in [-0.05, 0) is 24.7 Å². The fourth-order valence-corrected chi connectivity index (χ4v) is 1.73. The Morgan fingerprint density at radius 1 is 1.21 bits per heavy atom. The molecule has 0 amide bonds. The molecule has 0 unspecified atom stereocenters. The van der Waals surface area contributed by atoms with Crippen molar-refractivity contribution < 1.29 is 4.74 Å². The fraction of sp³-hybridized carbons (Fsp3) is 0.267. The molecule has 2 rings (SSSR count). The summed E-state index contributed by atoms with van der Waals surface area (Å²) in [5.74, 6) is 1.40. The molecular weight excluding hydrogens is 238 g/mol. The van der Waals surface area contributed by atoms with E-state index >= 15 is 0 Å². The smallest absolute Gasteiger partial charge is 0.219 e. The van der Waals surface area contributed by atoms with Crippen molar-refractivity contribution >= 4 is 5.69 Å². The minimum absolute atomic E-state index is 0.607. The van der Waals surface area contributed by atoms with Crippen LogP contribution in [0.5, 0.6) is 11.6 Å². The maximum absolute atomic E-state index is 5.74. The zero-order valence-electron chi connectivity index (χ0n) is 11.6. The Balaban J connectivity index is 2.10. The van der Waals surface area contributed by atoms with Crippen LogP contribution in [0.4, 0.5) is 5.69 Å². The minimum Gasteiger partial charge on any atom is -0.439 e. The standard InChI is InChI=1S/C15H19N3O/c1-16-10-12-7-8-15(17-11-12)19-14-6-4-5-13(9-14)18(2)3/h4-9,11,16H,10H2,1-3H3. The van der Waals surface area contributed by atoms with Crippen LogP contribution >= 0.6 is 0 Å². The van der Waals surface area contributed by atoms with Crippen LogP contribution in [0.25, 0.3) is 0 Å². The Morgan fingerprint density at radius 3 is 2.68 bits per heavy atom. The number of rotatable bonds is 5. The third-order valence-electron chi connectivity index (χ3n) is 2.73. The number of aromatic nitrogens is 1. The van der Waals surface area contributed by atoms with E-state index in [1.54, 1.807) is 0 Å². The van der Waals surface area contributed by atoms with Gasteiger partial charge in [0.1, 0.15) is 5.75 Å². The maximum Gasteiger partial charge on any atom is 0.219 e. The molecule has 0 bridgehead atoms. The highest BCUT2D eigenvalue weighted by Gasteiger charge is 2.01. The molecule has 4 heteroatoms. The fourth-order valence-electron chi connectivity index (χ4n) is 1.73. The van der Waals surface area contributed by atoms with Crippen LogP contribution < -0.4 is 15.0 Å². The lowest BCUT2D eigenvalue weighted by Gasteiger charge is -2.13.